The second kappa shape index (κ2) is 6.31. The number of aromatic nitrogens is 1. The molecule has 1 aromatic heterocycles. The molecule has 0 aliphatic heterocycles. The monoisotopic (exact) mass is 315 g/mol. The lowest BCUT2D eigenvalue weighted by Gasteiger charge is -2.24. The SMILES string of the molecule is COc1cc(F)c(C(C)C)cc1-c1cnc(C)cc1C(C)(C)C. The van der Waals surface area contributed by atoms with Crippen molar-refractivity contribution in [2.24, 2.45) is 0 Å². The summed E-state index contributed by atoms with van der Waals surface area (Å²) in [7, 11) is 1.58. The molecule has 0 saturated carbocycles. The van der Waals surface area contributed by atoms with Gasteiger partial charge in [-0.25, -0.2) is 4.39 Å². The van der Waals surface area contributed by atoms with Gasteiger partial charge in [0.05, 0.1) is 7.11 Å². The molecule has 0 radical (unpaired) electrons. The van der Waals surface area contributed by atoms with Crippen LogP contribution in [-0.2, 0) is 5.41 Å². The molecule has 0 aliphatic carbocycles. The predicted molar refractivity (Wildman–Crippen MR) is 93.7 cm³/mol. The predicted octanol–water partition coefficient (Wildman–Crippen LogP) is 5.63. The second-order valence-corrected chi connectivity index (χ2v) is 7.35. The summed E-state index contributed by atoms with van der Waals surface area (Å²) in [6, 6.07) is 5.49. The largest absolute Gasteiger partial charge is 0.496 e. The fraction of sp³-hybridized carbons (Fsp3) is 0.450. The van der Waals surface area contributed by atoms with E-state index in [9.17, 15) is 4.39 Å². The summed E-state index contributed by atoms with van der Waals surface area (Å²) in [4.78, 5) is 4.45. The zero-order valence-corrected chi connectivity index (χ0v) is 15.1. The molecule has 1 aromatic carbocycles. The Morgan fingerprint density at radius 1 is 1.09 bits per heavy atom. The van der Waals surface area contributed by atoms with Gasteiger partial charge in [0.1, 0.15) is 11.6 Å². The maximum Gasteiger partial charge on any atom is 0.130 e. The molecule has 0 bridgehead atoms. The highest BCUT2D eigenvalue weighted by molar-refractivity contribution is 5.75. The average molecular weight is 315 g/mol. The molecule has 0 atom stereocenters. The molecule has 0 N–H and O–H groups in total. The summed E-state index contributed by atoms with van der Waals surface area (Å²) >= 11 is 0. The van der Waals surface area contributed by atoms with Crippen LogP contribution in [0.4, 0.5) is 4.39 Å². The molecule has 0 spiro atoms. The van der Waals surface area contributed by atoms with Crippen LogP contribution < -0.4 is 4.74 Å². The van der Waals surface area contributed by atoms with Crippen molar-refractivity contribution in [1.29, 1.82) is 0 Å². The average Bonchev–Trinajstić information content (AvgIpc) is 2.45. The molecule has 3 heteroatoms. The van der Waals surface area contributed by atoms with Crippen molar-refractivity contribution in [1.82, 2.24) is 4.98 Å². The Kier molecular flexibility index (Phi) is 4.79. The lowest BCUT2D eigenvalue weighted by atomic mass is 9.81. The Labute approximate surface area is 138 Å². The Hall–Kier alpha value is -1.90. The second-order valence-electron chi connectivity index (χ2n) is 7.35. The van der Waals surface area contributed by atoms with E-state index >= 15 is 0 Å². The first kappa shape index (κ1) is 17.5. The number of hydrogen-bond acceptors (Lipinski definition) is 2. The Balaban J connectivity index is 2.78. The van der Waals surface area contributed by atoms with Crippen LogP contribution in [0, 0.1) is 12.7 Å². The molecule has 1 heterocycles. The van der Waals surface area contributed by atoms with Gasteiger partial charge >= 0.3 is 0 Å². The first-order valence-corrected chi connectivity index (χ1v) is 8.00. The van der Waals surface area contributed by atoms with Gasteiger partial charge in [0.25, 0.3) is 0 Å². The molecule has 2 nitrogen and oxygen atoms in total. The zero-order valence-electron chi connectivity index (χ0n) is 15.1. The van der Waals surface area contributed by atoms with Gasteiger partial charge in [-0.15, -0.1) is 0 Å². The van der Waals surface area contributed by atoms with Crippen LogP contribution in [0.3, 0.4) is 0 Å². The summed E-state index contributed by atoms with van der Waals surface area (Å²) in [5.74, 6) is 0.428. The van der Waals surface area contributed by atoms with Crippen molar-refractivity contribution in [3.05, 3.63) is 47.0 Å². The Morgan fingerprint density at radius 2 is 1.74 bits per heavy atom. The number of aryl methyl sites for hydroxylation is 1. The van der Waals surface area contributed by atoms with Crippen molar-refractivity contribution in [2.75, 3.05) is 7.11 Å². The van der Waals surface area contributed by atoms with Crippen LogP contribution in [0.25, 0.3) is 11.1 Å². The van der Waals surface area contributed by atoms with Gasteiger partial charge in [-0.05, 0) is 41.5 Å². The fourth-order valence-electron chi connectivity index (χ4n) is 2.79. The molecule has 0 saturated heterocycles. The Morgan fingerprint density at radius 3 is 2.26 bits per heavy atom. The van der Waals surface area contributed by atoms with Crippen LogP contribution in [-0.4, -0.2) is 12.1 Å². The van der Waals surface area contributed by atoms with Crippen LogP contribution in [0.1, 0.15) is 57.4 Å². The van der Waals surface area contributed by atoms with Crippen LogP contribution in [0.15, 0.2) is 24.4 Å². The number of methoxy groups -OCH3 is 1. The molecular weight excluding hydrogens is 289 g/mol. The maximum absolute atomic E-state index is 14.3. The fourth-order valence-corrected chi connectivity index (χ4v) is 2.79. The van der Waals surface area contributed by atoms with Crippen molar-refractivity contribution in [2.45, 2.75) is 52.9 Å². The quantitative estimate of drug-likeness (QED) is 0.732. The number of rotatable bonds is 3. The van der Waals surface area contributed by atoms with Crippen LogP contribution >= 0.6 is 0 Å². The van der Waals surface area contributed by atoms with E-state index in [-0.39, 0.29) is 17.2 Å². The summed E-state index contributed by atoms with van der Waals surface area (Å²) in [5.41, 5.74) is 4.71. The highest BCUT2D eigenvalue weighted by Gasteiger charge is 2.23. The van der Waals surface area contributed by atoms with Crippen molar-refractivity contribution in [3.63, 3.8) is 0 Å². The van der Waals surface area contributed by atoms with Gasteiger partial charge in [-0.2, -0.15) is 0 Å². The first-order valence-electron chi connectivity index (χ1n) is 8.00. The van der Waals surface area contributed by atoms with Crippen molar-refractivity contribution < 1.29 is 9.13 Å². The molecule has 0 fully saturated rings. The summed E-state index contributed by atoms with van der Waals surface area (Å²) in [6.07, 6.45) is 1.87. The van der Waals surface area contributed by atoms with Gasteiger partial charge in [-0.1, -0.05) is 34.6 Å². The number of nitrogens with zero attached hydrogens (tertiary/aromatic N) is 1. The van der Waals surface area contributed by atoms with Crippen LogP contribution in [0.2, 0.25) is 0 Å². The highest BCUT2D eigenvalue weighted by Crippen LogP contribution is 2.39. The lowest BCUT2D eigenvalue weighted by molar-refractivity contribution is 0.412. The summed E-state index contributed by atoms with van der Waals surface area (Å²) in [5, 5.41) is 0. The highest BCUT2D eigenvalue weighted by atomic mass is 19.1. The molecule has 2 aromatic rings. The Bertz CT molecular complexity index is 714. The summed E-state index contributed by atoms with van der Waals surface area (Å²) in [6.45, 7) is 12.5. The third kappa shape index (κ3) is 3.54. The summed E-state index contributed by atoms with van der Waals surface area (Å²) < 4.78 is 19.7. The molecule has 2 rings (SSSR count). The molecule has 0 aliphatic rings. The number of pyridine rings is 1. The third-order valence-corrected chi connectivity index (χ3v) is 4.08. The van der Waals surface area contributed by atoms with Crippen molar-refractivity contribution >= 4 is 0 Å². The number of halogens is 1. The third-order valence-electron chi connectivity index (χ3n) is 4.08. The van der Waals surface area contributed by atoms with E-state index in [4.69, 9.17) is 4.74 Å². The minimum absolute atomic E-state index is 0.0412. The van der Waals surface area contributed by atoms with Gasteiger partial charge in [0.2, 0.25) is 0 Å². The van der Waals surface area contributed by atoms with E-state index < -0.39 is 0 Å². The minimum atomic E-state index is -0.224. The van der Waals surface area contributed by atoms with Gasteiger partial charge in [-0.3, -0.25) is 4.98 Å². The van der Waals surface area contributed by atoms with Crippen molar-refractivity contribution in [3.8, 4) is 16.9 Å². The normalized spacial score (nSPS) is 11.9. The van der Waals surface area contributed by atoms with Gasteiger partial charge < -0.3 is 4.74 Å². The zero-order chi connectivity index (χ0) is 17.4. The van der Waals surface area contributed by atoms with E-state index in [1.165, 1.54) is 11.6 Å². The minimum Gasteiger partial charge on any atom is -0.496 e. The topological polar surface area (TPSA) is 22.1 Å². The van der Waals surface area contributed by atoms with Crippen LogP contribution in [0.5, 0.6) is 5.75 Å². The molecule has 23 heavy (non-hydrogen) atoms. The first-order chi connectivity index (χ1) is 10.6. The van der Waals surface area contributed by atoms with E-state index in [1.807, 2.05) is 33.0 Å². The smallest absolute Gasteiger partial charge is 0.130 e. The van der Waals surface area contributed by atoms with E-state index in [1.54, 1.807) is 7.11 Å². The number of ether oxygens (including phenoxy) is 1. The molecule has 0 unspecified atom stereocenters. The maximum atomic E-state index is 14.3. The standard InChI is InChI=1S/C20H26FNO/c1-12(2)14-9-15(19(23-7)10-18(14)21)16-11-22-13(3)8-17(16)20(4,5)6/h8-12H,1-7H3. The number of benzene rings is 1. The number of hydrogen-bond donors (Lipinski definition) is 0. The van der Waals surface area contributed by atoms with E-state index in [2.05, 4.69) is 31.8 Å². The van der Waals surface area contributed by atoms with Gasteiger partial charge in [0.15, 0.2) is 0 Å². The molecular formula is C20H26FNO. The molecule has 124 valence electrons. The van der Waals surface area contributed by atoms with E-state index in [0.717, 1.165) is 16.8 Å². The molecule has 0 amide bonds. The lowest BCUT2D eigenvalue weighted by Crippen LogP contribution is -2.14. The van der Waals surface area contributed by atoms with Gasteiger partial charge in [0, 0.05) is 29.1 Å². The van der Waals surface area contributed by atoms with E-state index in [0.29, 0.717) is 11.3 Å².